The van der Waals surface area contributed by atoms with Crippen molar-refractivity contribution in [3.8, 4) is 0 Å². The Morgan fingerprint density at radius 3 is 2.75 bits per heavy atom. The second kappa shape index (κ2) is 5.66. The quantitative estimate of drug-likeness (QED) is 0.682. The van der Waals surface area contributed by atoms with Crippen molar-refractivity contribution in [1.29, 1.82) is 0 Å². The van der Waals surface area contributed by atoms with Gasteiger partial charge in [0.15, 0.2) is 5.82 Å². The Kier molecular flexibility index (Phi) is 3.60. The van der Waals surface area contributed by atoms with Gasteiger partial charge in [0.25, 0.3) is 0 Å². The Labute approximate surface area is 143 Å². The zero-order valence-electron chi connectivity index (χ0n) is 15.0. The maximum Gasteiger partial charge on any atom is 0.153 e. The molecule has 0 fully saturated rings. The monoisotopic (exact) mass is 319 g/mol. The normalized spacial score (nSPS) is 17.3. The van der Waals surface area contributed by atoms with Gasteiger partial charge in [0.2, 0.25) is 0 Å². The van der Waals surface area contributed by atoms with Crippen LogP contribution < -0.4 is 4.90 Å². The van der Waals surface area contributed by atoms with E-state index < -0.39 is 0 Å². The minimum absolute atomic E-state index is 0.406. The van der Waals surface area contributed by atoms with Crippen LogP contribution in [-0.2, 0) is 13.5 Å². The van der Waals surface area contributed by atoms with Crippen molar-refractivity contribution >= 4 is 16.7 Å². The van der Waals surface area contributed by atoms with Crippen molar-refractivity contribution in [3.05, 3.63) is 58.9 Å². The Hall–Kier alpha value is -2.29. The molecule has 1 unspecified atom stereocenters. The Morgan fingerprint density at radius 1 is 1.17 bits per heavy atom. The number of hydrogen-bond acceptors (Lipinski definition) is 2. The van der Waals surface area contributed by atoms with Crippen LogP contribution in [0.25, 0.3) is 10.9 Å². The highest BCUT2D eigenvalue weighted by Crippen LogP contribution is 2.39. The first-order valence-corrected chi connectivity index (χ1v) is 8.88. The molecule has 1 aliphatic heterocycles. The van der Waals surface area contributed by atoms with Gasteiger partial charge < -0.3 is 9.47 Å². The van der Waals surface area contributed by atoms with Crippen LogP contribution in [0.1, 0.15) is 41.8 Å². The molecular weight excluding hydrogens is 294 g/mol. The minimum atomic E-state index is 0.406. The van der Waals surface area contributed by atoms with E-state index in [2.05, 4.69) is 67.6 Å². The van der Waals surface area contributed by atoms with Gasteiger partial charge in [0.05, 0.1) is 11.6 Å². The molecule has 2 aromatic heterocycles. The van der Waals surface area contributed by atoms with Crippen LogP contribution in [0.4, 0.5) is 5.82 Å². The second-order valence-corrected chi connectivity index (χ2v) is 6.87. The average molecular weight is 319 g/mol. The summed E-state index contributed by atoms with van der Waals surface area (Å²) in [6.45, 7) is 7.72. The van der Waals surface area contributed by atoms with Crippen LogP contribution in [0.3, 0.4) is 0 Å². The lowest BCUT2D eigenvalue weighted by molar-refractivity contribution is 0.563. The number of rotatable bonds is 2. The van der Waals surface area contributed by atoms with Crippen LogP contribution >= 0.6 is 0 Å². The molecule has 3 heterocycles. The molecule has 3 nitrogen and oxygen atoms in total. The Morgan fingerprint density at radius 2 is 1.96 bits per heavy atom. The molecule has 0 saturated carbocycles. The molecule has 24 heavy (non-hydrogen) atoms. The minimum Gasteiger partial charge on any atom is -0.347 e. The number of fused-ring (bicyclic) bond motifs is 2. The summed E-state index contributed by atoms with van der Waals surface area (Å²) in [6, 6.07) is 11.4. The summed E-state index contributed by atoms with van der Waals surface area (Å²) in [5, 5.41) is 1.33. The van der Waals surface area contributed by atoms with E-state index in [4.69, 9.17) is 4.98 Å². The second-order valence-electron chi connectivity index (χ2n) is 6.87. The van der Waals surface area contributed by atoms with Gasteiger partial charge in [-0.05, 0) is 49.4 Å². The summed E-state index contributed by atoms with van der Waals surface area (Å²) in [7, 11) is 2.16. The largest absolute Gasteiger partial charge is 0.347 e. The Balaban J connectivity index is 1.91. The molecule has 3 heteroatoms. The molecule has 1 atom stereocenters. The zero-order chi connectivity index (χ0) is 16.8. The first kappa shape index (κ1) is 15.3. The van der Waals surface area contributed by atoms with E-state index in [1.807, 2.05) is 6.20 Å². The molecule has 0 spiro atoms. The van der Waals surface area contributed by atoms with Gasteiger partial charge in [-0.25, -0.2) is 4.98 Å². The van der Waals surface area contributed by atoms with Crippen molar-refractivity contribution < 1.29 is 0 Å². The smallest absolute Gasteiger partial charge is 0.153 e. The number of benzene rings is 1. The lowest BCUT2D eigenvalue weighted by Crippen LogP contribution is -2.36. The summed E-state index contributed by atoms with van der Waals surface area (Å²) in [5.74, 6) is 1.13. The van der Waals surface area contributed by atoms with Crippen molar-refractivity contribution in [2.45, 2.75) is 39.7 Å². The summed E-state index contributed by atoms with van der Waals surface area (Å²) >= 11 is 0. The SMILES string of the molecule is CCC1c2ccccc2CCN1c1nccc2c(C)c(C)n(C)c12. The van der Waals surface area contributed by atoms with E-state index in [0.29, 0.717) is 6.04 Å². The average Bonchev–Trinajstić information content (AvgIpc) is 2.85. The van der Waals surface area contributed by atoms with Gasteiger partial charge in [-0.15, -0.1) is 0 Å². The van der Waals surface area contributed by atoms with Crippen molar-refractivity contribution in [3.63, 3.8) is 0 Å². The third-order valence-electron chi connectivity index (χ3n) is 5.76. The molecule has 1 aliphatic rings. The fourth-order valence-corrected chi connectivity index (χ4v) is 4.25. The number of aromatic nitrogens is 2. The zero-order valence-corrected chi connectivity index (χ0v) is 15.0. The predicted molar refractivity (Wildman–Crippen MR) is 101 cm³/mol. The van der Waals surface area contributed by atoms with Crippen molar-refractivity contribution in [2.75, 3.05) is 11.4 Å². The maximum atomic E-state index is 4.82. The van der Waals surface area contributed by atoms with Crippen LogP contribution in [0.15, 0.2) is 36.5 Å². The first-order chi connectivity index (χ1) is 11.6. The highest BCUT2D eigenvalue weighted by atomic mass is 15.2. The number of aryl methyl sites for hydroxylation is 2. The lowest BCUT2D eigenvalue weighted by atomic mass is 9.91. The summed E-state index contributed by atoms with van der Waals surface area (Å²) in [5.41, 5.74) is 6.91. The van der Waals surface area contributed by atoms with Crippen LogP contribution in [-0.4, -0.2) is 16.1 Å². The summed E-state index contributed by atoms with van der Waals surface area (Å²) in [6.07, 6.45) is 4.15. The third-order valence-corrected chi connectivity index (χ3v) is 5.76. The molecule has 3 aromatic rings. The summed E-state index contributed by atoms with van der Waals surface area (Å²) in [4.78, 5) is 7.34. The van der Waals surface area contributed by atoms with Gasteiger partial charge in [-0.3, -0.25) is 0 Å². The lowest BCUT2D eigenvalue weighted by Gasteiger charge is -2.38. The molecule has 0 bridgehead atoms. The van der Waals surface area contributed by atoms with Crippen LogP contribution in [0.2, 0.25) is 0 Å². The van der Waals surface area contributed by atoms with Gasteiger partial charge in [0.1, 0.15) is 0 Å². The van der Waals surface area contributed by atoms with Gasteiger partial charge in [-0.2, -0.15) is 0 Å². The molecule has 0 radical (unpaired) electrons. The maximum absolute atomic E-state index is 4.82. The highest BCUT2D eigenvalue weighted by Gasteiger charge is 2.29. The third kappa shape index (κ3) is 2.07. The number of hydrogen-bond donors (Lipinski definition) is 0. The van der Waals surface area contributed by atoms with Crippen molar-refractivity contribution in [1.82, 2.24) is 9.55 Å². The molecule has 4 rings (SSSR count). The van der Waals surface area contributed by atoms with Crippen molar-refractivity contribution in [2.24, 2.45) is 7.05 Å². The molecule has 0 amide bonds. The fourth-order valence-electron chi connectivity index (χ4n) is 4.25. The van der Waals surface area contributed by atoms with Crippen LogP contribution in [0.5, 0.6) is 0 Å². The molecule has 0 saturated heterocycles. The number of pyridine rings is 1. The molecule has 0 N–H and O–H groups in total. The van der Waals surface area contributed by atoms with E-state index in [-0.39, 0.29) is 0 Å². The van der Waals surface area contributed by atoms with Gasteiger partial charge in [0, 0.05) is 30.9 Å². The van der Waals surface area contributed by atoms with E-state index >= 15 is 0 Å². The van der Waals surface area contributed by atoms with E-state index in [1.54, 1.807) is 0 Å². The molecular formula is C21H25N3. The number of anilines is 1. The molecule has 1 aromatic carbocycles. The van der Waals surface area contributed by atoms with Gasteiger partial charge in [-0.1, -0.05) is 31.2 Å². The molecule has 124 valence electrons. The van der Waals surface area contributed by atoms with Gasteiger partial charge >= 0.3 is 0 Å². The predicted octanol–water partition coefficient (Wildman–Crippen LogP) is 4.70. The van der Waals surface area contributed by atoms with E-state index in [0.717, 1.165) is 25.2 Å². The molecule has 0 aliphatic carbocycles. The topological polar surface area (TPSA) is 21.1 Å². The summed E-state index contributed by atoms with van der Waals surface area (Å²) < 4.78 is 2.31. The standard InChI is InChI=1S/C21H25N3/c1-5-19-18-9-7-6-8-16(18)11-13-24(19)21-20-17(10-12-22-21)14(2)15(3)23(20)4/h6-10,12,19H,5,11,13H2,1-4H3. The van der Waals surface area contributed by atoms with E-state index in [9.17, 15) is 0 Å². The fraction of sp³-hybridized carbons (Fsp3) is 0.381. The number of nitrogens with zero attached hydrogens (tertiary/aromatic N) is 3. The Bertz CT molecular complexity index is 907. The highest BCUT2D eigenvalue weighted by molar-refractivity contribution is 5.93. The van der Waals surface area contributed by atoms with Crippen LogP contribution in [0, 0.1) is 13.8 Å². The first-order valence-electron chi connectivity index (χ1n) is 8.88. The van der Waals surface area contributed by atoms with E-state index in [1.165, 1.54) is 33.3 Å².